The van der Waals surface area contributed by atoms with E-state index in [9.17, 15) is 4.79 Å². The molecule has 12 nitrogen and oxygen atoms in total. The minimum atomic E-state index is -0.247. The number of imidazole rings is 1. The molecule has 1 amide bonds. The summed E-state index contributed by atoms with van der Waals surface area (Å²) >= 11 is 0. The molecule has 0 saturated carbocycles. The highest BCUT2D eigenvalue weighted by Crippen LogP contribution is 2.30. The van der Waals surface area contributed by atoms with E-state index in [0.29, 0.717) is 39.5 Å². The number of aromatic nitrogens is 3. The molecule has 1 aliphatic rings. The Morgan fingerprint density at radius 3 is 2.62 bits per heavy atom. The second-order valence-electron chi connectivity index (χ2n) is 11.4. The van der Waals surface area contributed by atoms with Crippen molar-refractivity contribution in [3.05, 3.63) is 77.6 Å². The molecular weight excluding hydrogens is 600 g/mol. The Morgan fingerprint density at radius 2 is 1.85 bits per heavy atom. The molecule has 2 aromatic carbocycles. The van der Waals surface area contributed by atoms with Crippen molar-refractivity contribution in [3.63, 3.8) is 0 Å². The van der Waals surface area contributed by atoms with Gasteiger partial charge in [0, 0.05) is 50.8 Å². The average molecular weight is 647 g/mol. The van der Waals surface area contributed by atoms with Crippen LogP contribution in [0.25, 0.3) is 22.2 Å². The van der Waals surface area contributed by atoms with Gasteiger partial charge in [0.15, 0.2) is 0 Å². The van der Waals surface area contributed by atoms with Gasteiger partial charge in [0.05, 0.1) is 56.0 Å². The summed E-state index contributed by atoms with van der Waals surface area (Å²) in [5.41, 5.74) is 11.6. The van der Waals surface area contributed by atoms with Crippen LogP contribution in [-0.2, 0) is 38.4 Å². The third-order valence-electron chi connectivity index (χ3n) is 8.05. The number of ether oxygens (including phenoxy) is 4. The number of benzene rings is 2. The summed E-state index contributed by atoms with van der Waals surface area (Å²) in [7, 11) is 0. The number of nitrogens with one attached hydrogen (secondary N) is 1. The zero-order valence-electron chi connectivity index (χ0n) is 27.4. The molecule has 0 spiro atoms. The summed E-state index contributed by atoms with van der Waals surface area (Å²) in [5.74, 6) is 2.39. The lowest BCUT2D eigenvalue weighted by molar-refractivity contribution is -0.116. The number of rotatable bonds is 18. The van der Waals surface area contributed by atoms with E-state index < -0.39 is 0 Å². The fourth-order valence-electron chi connectivity index (χ4n) is 5.62. The van der Waals surface area contributed by atoms with E-state index in [2.05, 4.69) is 50.3 Å². The molecule has 4 aromatic rings. The van der Waals surface area contributed by atoms with E-state index in [1.165, 1.54) is 17.9 Å². The van der Waals surface area contributed by atoms with Crippen molar-refractivity contribution < 1.29 is 28.3 Å². The molecule has 0 aliphatic carbocycles. The Labute approximate surface area is 275 Å². The molecule has 2 aromatic heterocycles. The van der Waals surface area contributed by atoms with Gasteiger partial charge in [-0.15, -0.1) is 0 Å². The van der Waals surface area contributed by atoms with Crippen LogP contribution in [-0.4, -0.2) is 97.9 Å². The molecule has 0 bridgehead atoms. The highest BCUT2D eigenvalue weighted by atomic mass is 16.5. The number of aryl methyl sites for hydroxylation is 4. The first-order valence-electron chi connectivity index (χ1n) is 16.3. The van der Waals surface area contributed by atoms with E-state index >= 15 is 0 Å². The Hall–Kier alpha value is -4.23. The number of nitrogens with zero attached hydrogens (tertiary/aromatic N) is 4. The third-order valence-corrected chi connectivity index (χ3v) is 8.05. The van der Waals surface area contributed by atoms with Crippen LogP contribution in [0.2, 0.25) is 0 Å². The Kier molecular flexibility index (Phi) is 12.8. The van der Waals surface area contributed by atoms with Gasteiger partial charge in [-0.25, -0.2) is 4.98 Å². The van der Waals surface area contributed by atoms with Gasteiger partial charge < -0.3 is 39.1 Å². The maximum absolute atomic E-state index is 11.9. The molecule has 0 radical (unpaired) electrons. The van der Waals surface area contributed by atoms with Gasteiger partial charge in [-0.2, -0.15) is 0 Å². The van der Waals surface area contributed by atoms with Gasteiger partial charge in [0.1, 0.15) is 30.5 Å². The van der Waals surface area contributed by atoms with Crippen molar-refractivity contribution >= 4 is 16.9 Å². The standard InChI is InChI=1S/C35H46N6O6/c1-26-35(27(2)47-39-26)29-6-9-32-31(25-29)38-33(41(32)15-14-40-16-21-45-22-17-40)10-5-28-3-7-30(8-4-28)46-20-13-37-34(42)11-18-43-23-24-44-19-12-36/h3-4,6-9,11,18,25H,5,10,12-17,19-24,36H2,1-2H3,(H,37,42). The first-order valence-corrected chi connectivity index (χ1v) is 16.3. The van der Waals surface area contributed by atoms with Crippen molar-refractivity contribution in [1.29, 1.82) is 0 Å². The number of morpholine rings is 1. The van der Waals surface area contributed by atoms with Crippen LogP contribution in [0.15, 0.2) is 59.3 Å². The summed E-state index contributed by atoms with van der Waals surface area (Å²) in [4.78, 5) is 19.5. The molecule has 12 heteroatoms. The molecule has 5 rings (SSSR count). The fourth-order valence-corrected chi connectivity index (χ4v) is 5.62. The number of hydrogen-bond donors (Lipinski definition) is 2. The van der Waals surface area contributed by atoms with Crippen molar-refractivity contribution in [3.8, 4) is 16.9 Å². The van der Waals surface area contributed by atoms with Crippen LogP contribution in [0.5, 0.6) is 5.75 Å². The number of hydrogen-bond acceptors (Lipinski definition) is 10. The van der Waals surface area contributed by atoms with Crippen molar-refractivity contribution in [2.24, 2.45) is 5.73 Å². The normalized spacial score (nSPS) is 13.9. The first-order chi connectivity index (χ1) is 23.0. The lowest BCUT2D eigenvalue weighted by Gasteiger charge is -2.27. The van der Waals surface area contributed by atoms with E-state index in [1.807, 2.05) is 26.0 Å². The summed E-state index contributed by atoms with van der Waals surface area (Å²) < 4.78 is 29.6. The lowest BCUT2D eigenvalue weighted by Crippen LogP contribution is -2.38. The lowest BCUT2D eigenvalue weighted by atomic mass is 10.0. The van der Waals surface area contributed by atoms with Crippen LogP contribution in [0, 0.1) is 13.8 Å². The van der Waals surface area contributed by atoms with Gasteiger partial charge >= 0.3 is 0 Å². The van der Waals surface area contributed by atoms with Gasteiger partial charge in [-0.1, -0.05) is 23.4 Å². The zero-order chi connectivity index (χ0) is 32.8. The van der Waals surface area contributed by atoms with Gasteiger partial charge in [0.2, 0.25) is 5.91 Å². The smallest absolute Gasteiger partial charge is 0.247 e. The Morgan fingerprint density at radius 1 is 1.02 bits per heavy atom. The number of nitrogens with two attached hydrogens (primary N) is 1. The highest BCUT2D eigenvalue weighted by Gasteiger charge is 2.17. The molecule has 3 N–H and O–H groups in total. The second kappa shape index (κ2) is 17.6. The molecule has 1 saturated heterocycles. The minimum absolute atomic E-state index is 0.247. The van der Waals surface area contributed by atoms with Gasteiger partial charge in [-0.3, -0.25) is 9.69 Å². The summed E-state index contributed by atoms with van der Waals surface area (Å²) in [5, 5.41) is 6.91. The SMILES string of the molecule is Cc1noc(C)c1-c1ccc2c(c1)nc(CCc1ccc(OCCNC(=O)C=COCCOCCN)cc1)n2CCN1CCOCC1. The average Bonchev–Trinajstić information content (AvgIpc) is 3.62. The number of amides is 1. The van der Waals surface area contributed by atoms with Gasteiger partial charge in [-0.05, 0) is 55.7 Å². The second-order valence-corrected chi connectivity index (χ2v) is 11.4. The van der Waals surface area contributed by atoms with Crippen LogP contribution < -0.4 is 15.8 Å². The number of carbonyl (C=O) groups excluding carboxylic acids is 1. The Bertz CT molecular complexity index is 1570. The largest absolute Gasteiger partial charge is 0.499 e. The fraction of sp³-hybridized carbons (Fsp3) is 0.457. The summed E-state index contributed by atoms with van der Waals surface area (Å²) in [6.45, 7) is 11.7. The zero-order valence-corrected chi connectivity index (χ0v) is 27.4. The molecular formula is C35H46N6O6. The monoisotopic (exact) mass is 646 g/mol. The highest BCUT2D eigenvalue weighted by molar-refractivity contribution is 5.87. The van der Waals surface area contributed by atoms with E-state index in [4.69, 9.17) is 34.2 Å². The molecule has 3 heterocycles. The van der Waals surface area contributed by atoms with Crippen LogP contribution in [0.4, 0.5) is 0 Å². The predicted molar refractivity (Wildman–Crippen MR) is 179 cm³/mol. The summed E-state index contributed by atoms with van der Waals surface area (Å²) in [6.07, 6.45) is 4.36. The Balaban J connectivity index is 1.14. The third kappa shape index (κ3) is 9.88. The van der Waals surface area contributed by atoms with Crippen LogP contribution >= 0.6 is 0 Å². The van der Waals surface area contributed by atoms with Crippen molar-refractivity contribution in [1.82, 2.24) is 24.9 Å². The van der Waals surface area contributed by atoms with Crippen molar-refractivity contribution in [2.75, 3.05) is 72.4 Å². The van der Waals surface area contributed by atoms with E-state index in [1.54, 1.807) is 0 Å². The summed E-state index contributed by atoms with van der Waals surface area (Å²) in [6, 6.07) is 14.6. The number of carbonyl (C=O) groups is 1. The minimum Gasteiger partial charge on any atom is -0.499 e. The quantitative estimate of drug-likeness (QED) is 0.0939. The maximum Gasteiger partial charge on any atom is 0.247 e. The molecule has 252 valence electrons. The molecule has 0 unspecified atom stereocenters. The van der Waals surface area contributed by atoms with Crippen LogP contribution in [0.1, 0.15) is 22.8 Å². The maximum atomic E-state index is 11.9. The number of fused-ring (bicyclic) bond motifs is 1. The topological polar surface area (TPSA) is 139 Å². The van der Waals surface area contributed by atoms with Crippen LogP contribution in [0.3, 0.4) is 0 Å². The first kappa shape index (κ1) is 34.1. The van der Waals surface area contributed by atoms with Crippen molar-refractivity contribution in [2.45, 2.75) is 33.2 Å². The van der Waals surface area contributed by atoms with E-state index in [0.717, 1.165) is 97.4 Å². The molecule has 1 aliphatic heterocycles. The molecule has 47 heavy (non-hydrogen) atoms. The van der Waals surface area contributed by atoms with E-state index in [-0.39, 0.29) is 5.91 Å². The molecule has 1 fully saturated rings. The van der Waals surface area contributed by atoms with Gasteiger partial charge in [0.25, 0.3) is 0 Å². The predicted octanol–water partition coefficient (Wildman–Crippen LogP) is 3.43. The molecule has 0 atom stereocenters.